The summed E-state index contributed by atoms with van der Waals surface area (Å²) in [6, 6.07) is 8.01. The molecule has 142 valence electrons. The van der Waals surface area contributed by atoms with Crippen LogP contribution >= 0.6 is 0 Å². The van der Waals surface area contributed by atoms with Gasteiger partial charge in [-0.1, -0.05) is 5.16 Å². The van der Waals surface area contributed by atoms with Crippen molar-refractivity contribution in [3.8, 4) is 0 Å². The van der Waals surface area contributed by atoms with Gasteiger partial charge in [-0.05, 0) is 31.2 Å². The molecule has 2 aliphatic heterocycles. The molecular weight excluding hydrogens is 351 g/mol. The van der Waals surface area contributed by atoms with E-state index in [9.17, 15) is 14.0 Å². The highest BCUT2D eigenvalue weighted by molar-refractivity contribution is 5.94. The van der Waals surface area contributed by atoms with Crippen LogP contribution in [0.4, 0.5) is 10.1 Å². The maximum Gasteiger partial charge on any atom is 0.276 e. The molecule has 0 saturated carbocycles. The molecule has 2 amide bonds. The summed E-state index contributed by atoms with van der Waals surface area (Å²) < 4.78 is 18.0. The number of amides is 2. The normalized spacial score (nSPS) is 17.8. The molecule has 2 aromatic rings. The Bertz CT molecular complexity index is 837. The molecule has 0 N–H and O–H groups in total. The van der Waals surface area contributed by atoms with E-state index in [-0.39, 0.29) is 29.2 Å². The predicted octanol–water partition coefficient (Wildman–Crippen LogP) is 1.54. The number of benzene rings is 1. The van der Waals surface area contributed by atoms with Crippen molar-refractivity contribution in [3.05, 3.63) is 47.6 Å². The Morgan fingerprint density at radius 2 is 1.74 bits per heavy atom. The third-order valence-electron chi connectivity index (χ3n) is 5.15. The van der Waals surface area contributed by atoms with Gasteiger partial charge in [-0.2, -0.15) is 0 Å². The average Bonchev–Trinajstić information content (AvgIpc) is 3.07. The first-order valence-corrected chi connectivity index (χ1v) is 9.03. The summed E-state index contributed by atoms with van der Waals surface area (Å²) in [6.07, 6.45) is 0. The Morgan fingerprint density at radius 1 is 1.07 bits per heavy atom. The van der Waals surface area contributed by atoms with Crippen LogP contribution in [0, 0.1) is 18.7 Å². The number of rotatable bonds is 3. The van der Waals surface area contributed by atoms with Gasteiger partial charge in [0.15, 0.2) is 5.69 Å². The van der Waals surface area contributed by atoms with Gasteiger partial charge in [0, 0.05) is 51.0 Å². The number of piperazine rings is 1. The van der Waals surface area contributed by atoms with E-state index in [1.165, 1.54) is 12.1 Å². The fourth-order valence-corrected chi connectivity index (χ4v) is 3.52. The van der Waals surface area contributed by atoms with E-state index >= 15 is 0 Å². The van der Waals surface area contributed by atoms with Gasteiger partial charge in [0.25, 0.3) is 5.91 Å². The van der Waals surface area contributed by atoms with Crippen molar-refractivity contribution in [2.75, 3.05) is 44.2 Å². The van der Waals surface area contributed by atoms with Crippen molar-refractivity contribution in [1.82, 2.24) is 15.0 Å². The molecule has 1 aromatic heterocycles. The molecular formula is C19H21FN4O3. The van der Waals surface area contributed by atoms with Crippen molar-refractivity contribution in [2.24, 2.45) is 5.92 Å². The predicted molar refractivity (Wildman–Crippen MR) is 95.8 cm³/mol. The summed E-state index contributed by atoms with van der Waals surface area (Å²) in [7, 11) is 0. The summed E-state index contributed by atoms with van der Waals surface area (Å²) in [5, 5.41) is 3.73. The molecule has 3 heterocycles. The third-order valence-corrected chi connectivity index (χ3v) is 5.15. The van der Waals surface area contributed by atoms with Crippen LogP contribution in [0.2, 0.25) is 0 Å². The molecule has 0 spiro atoms. The number of aryl methyl sites for hydroxylation is 1. The lowest BCUT2D eigenvalue weighted by atomic mass is 9.97. The SMILES string of the molecule is Cc1cc(C(=O)N2CC(C(=O)N3CCN(c4ccc(F)cc4)CC3)C2)no1. The van der Waals surface area contributed by atoms with Crippen LogP contribution in [0.25, 0.3) is 0 Å². The number of carbonyl (C=O) groups is 2. The first kappa shape index (κ1) is 17.5. The summed E-state index contributed by atoms with van der Waals surface area (Å²) in [6.45, 7) is 5.25. The minimum absolute atomic E-state index is 0.0918. The maximum atomic E-state index is 13.0. The topological polar surface area (TPSA) is 69.9 Å². The number of nitrogens with zero attached hydrogens (tertiary/aromatic N) is 4. The molecule has 2 saturated heterocycles. The number of aromatic nitrogens is 1. The zero-order valence-electron chi connectivity index (χ0n) is 15.1. The lowest BCUT2D eigenvalue weighted by Gasteiger charge is -2.43. The second-order valence-corrected chi connectivity index (χ2v) is 7.02. The van der Waals surface area contributed by atoms with Crippen molar-refractivity contribution in [2.45, 2.75) is 6.92 Å². The quantitative estimate of drug-likeness (QED) is 0.818. The van der Waals surface area contributed by atoms with Crippen LogP contribution in [-0.2, 0) is 4.79 Å². The fourth-order valence-electron chi connectivity index (χ4n) is 3.52. The van der Waals surface area contributed by atoms with Crippen LogP contribution in [-0.4, -0.2) is 66.0 Å². The zero-order chi connectivity index (χ0) is 19.0. The Balaban J connectivity index is 1.27. The van der Waals surface area contributed by atoms with E-state index in [4.69, 9.17) is 4.52 Å². The van der Waals surface area contributed by atoms with E-state index in [1.54, 1.807) is 30.0 Å². The number of halogens is 1. The van der Waals surface area contributed by atoms with E-state index in [2.05, 4.69) is 10.1 Å². The van der Waals surface area contributed by atoms with Crippen molar-refractivity contribution < 1.29 is 18.5 Å². The molecule has 2 aliphatic rings. The van der Waals surface area contributed by atoms with Gasteiger partial charge in [-0.15, -0.1) is 0 Å². The van der Waals surface area contributed by atoms with Gasteiger partial charge < -0.3 is 19.2 Å². The van der Waals surface area contributed by atoms with Crippen molar-refractivity contribution >= 4 is 17.5 Å². The second-order valence-electron chi connectivity index (χ2n) is 7.02. The highest BCUT2D eigenvalue weighted by atomic mass is 19.1. The monoisotopic (exact) mass is 372 g/mol. The Kier molecular flexibility index (Phi) is 4.55. The lowest BCUT2D eigenvalue weighted by Crippen LogP contribution is -2.59. The third kappa shape index (κ3) is 3.51. The standard InChI is InChI=1S/C19H21FN4O3/c1-13-10-17(21-27-13)19(26)24-11-14(12-24)18(25)23-8-6-22(7-9-23)16-4-2-15(20)3-5-16/h2-5,10,14H,6-9,11-12H2,1H3. The van der Waals surface area contributed by atoms with Gasteiger partial charge in [-0.25, -0.2) is 4.39 Å². The van der Waals surface area contributed by atoms with Gasteiger partial charge in [-0.3, -0.25) is 9.59 Å². The Morgan fingerprint density at radius 3 is 2.33 bits per heavy atom. The number of hydrogen-bond donors (Lipinski definition) is 0. The molecule has 0 atom stereocenters. The van der Waals surface area contributed by atoms with Crippen LogP contribution in [0.3, 0.4) is 0 Å². The minimum Gasteiger partial charge on any atom is -0.368 e. The van der Waals surface area contributed by atoms with Crippen LogP contribution in [0.5, 0.6) is 0 Å². The summed E-state index contributed by atoms with van der Waals surface area (Å²) >= 11 is 0. The van der Waals surface area contributed by atoms with Crippen molar-refractivity contribution in [3.63, 3.8) is 0 Å². The van der Waals surface area contributed by atoms with Gasteiger partial charge in [0.1, 0.15) is 11.6 Å². The summed E-state index contributed by atoms with van der Waals surface area (Å²) in [4.78, 5) is 30.5. The Labute approximate surface area is 156 Å². The molecule has 27 heavy (non-hydrogen) atoms. The number of likely N-dealkylation sites (tertiary alicyclic amines) is 1. The van der Waals surface area contributed by atoms with Crippen LogP contribution < -0.4 is 4.90 Å². The Hall–Kier alpha value is -2.90. The largest absolute Gasteiger partial charge is 0.368 e. The summed E-state index contributed by atoms with van der Waals surface area (Å²) in [5.74, 6) is 0.0773. The molecule has 0 aliphatic carbocycles. The molecule has 0 unspecified atom stereocenters. The van der Waals surface area contributed by atoms with Crippen LogP contribution in [0.1, 0.15) is 16.2 Å². The number of carbonyl (C=O) groups excluding carboxylic acids is 2. The molecule has 7 nitrogen and oxygen atoms in total. The summed E-state index contributed by atoms with van der Waals surface area (Å²) in [5.41, 5.74) is 1.25. The zero-order valence-corrected chi connectivity index (χ0v) is 15.1. The van der Waals surface area contributed by atoms with Gasteiger partial charge >= 0.3 is 0 Å². The number of hydrogen-bond acceptors (Lipinski definition) is 5. The lowest BCUT2D eigenvalue weighted by molar-refractivity contribution is -0.140. The van der Waals surface area contributed by atoms with E-state index < -0.39 is 0 Å². The first-order valence-electron chi connectivity index (χ1n) is 9.03. The smallest absolute Gasteiger partial charge is 0.276 e. The molecule has 4 rings (SSSR count). The van der Waals surface area contributed by atoms with Crippen LogP contribution in [0.15, 0.2) is 34.9 Å². The van der Waals surface area contributed by atoms with Gasteiger partial charge in [0.05, 0.1) is 5.92 Å². The second kappa shape index (κ2) is 7.02. The molecule has 2 fully saturated rings. The van der Waals surface area contributed by atoms with E-state index in [0.717, 1.165) is 5.69 Å². The fraction of sp³-hybridized carbons (Fsp3) is 0.421. The molecule has 0 bridgehead atoms. The van der Waals surface area contributed by atoms with Gasteiger partial charge in [0.2, 0.25) is 5.91 Å². The average molecular weight is 372 g/mol. The highest BCUT2D eigenvalue weighted by Crippen LogP contribution is 2.23. The van der Waals surface area contributed by atoms with Crippen molar-refractivity contribution in [1.29, 1.82) is 0 Å². The molecule has 1 aromatic carbocycles. The van der Waals surface area contributed by atoms with E-state index in [0.29, 0.717) is 45.0 Å². The maximum absolute atomic E-state index is 13.0. The van der Waals surface area contributed by atoms with E-state index in [1.807, 2.05) is 4.90 Å². The first-order chi connectivity index (χ1) is 13.0. The molecule has 0 radical (unpaired) electrons. The number of anilines is 1. The minimum atomic E-state index is -0.252. The molecule has 8 heteroatoms. The highest BCUT2D eigenvalue weighted by Gasteiger charge is 2.39.